The predicted molar refractivity (Wildman–Crippen MR) is 248 cm³/mol. The normalized spacial score (nSPS) is 20.4. The van der Waals surface area contributed by atoms with Crippen molar-refractivity contribution in [3.05, 3.63) is 37.0 Å². The second-order valence-electron chi connectivity index (χ2n) is 17.1. The number of nitrogens with zero attached hydrogens (tertiary/aromatic N) is 4. The molecule has 25 nitrogen and oxygen atoms in total. The highest BCUT2D eigenvalue weighted by atomic mass is 32.2. The molecule has 1 fully saturated rings. The molecule has 8 atom stereocenters. The first kappa shape index (κ1) is 61.3. The van der Waals surface area contributed by atoms with Crippen molar-refractivity contribution in [1.29, 1.82) is 0 Å². The first-order valence-corrected chi connectivity index (χ1v) is 28.3. The monoisotopic (exact) mass is 1070 g/mol. The van der Waals surface area contributed by atoms with E-state index in [2.05, 4.69) is 62.5 Å². The quantitative estimate of drug-likeness (QED) is 0.0247. The van der Waals surface area contributed by atoms with Gasteiger partial charge in [-0.25, -0.2) is 19.3 Å². The maximum Gasteiger partial charge on any atom is 0.274 e. The van der Waals surface area contributed by atoms with Crippen molar-refractivity contribution in [3.63, 3.8) is 0 Å². The number of aliphatic hydroxyl groups is 3. The highest BCUT2D eigenvalue weighted by Gasteiger charge is 2.47. The lowest BCUT2D eigenvalue weighted by Gasteiger charge is -2.36. The molecule has 70 heavy (non-hydrogen) atoms. The van der Waals surface area contributed by atoms with Gasteiger partial charge in [0.25, 0.3) is 15.6 Å². The molecular formula is C41H66N7O18P3S-4. The van der Waals surface area contributed by atoms with E-state index < -0.39 is 84.6 Å². The molecule has 0 bridgehead atoms. The maximum absolute atomic E-state index is 12.6. The van der Waals surface area contributed by atoms with E-state index in [0.29, 0.717) is 12.2 Å². The Bertz CT molecular complexity index is 2160. The van der Waals surface area contributed by atoms with Crippen molar-refractivity contribution in [2.24, 2.45) is 5.41 Å². The number of fused-ring (bicyclic) bond motifs is 1. The second-order valence-corrected chi connectivity index (χ2v) is 22.3. The van der Waals surface area contributed by atoms with Crippen LogP contribution in [0, 0.1) is 5.41 Å². The summed E-state index contributed by atoms with van der Waals surface area (Å²) in [6.07, 6.45) is 13.1. The molecule has 1 aliphatic heterocycles. The fraction of sp³-hybridized carbons (Fsp3) is 0.707. The summed E-state index contributed by atoms with van der Waals surface area (Å²) in [5.74, 6) is -1.25. The van der Waals surface area contributed by atoms with Crippen molar-refractivity contribution >= 4 is 69.1 Å². The topological polar surface area (TPSA) is 395 Å². The molecule has 0 saturated carbocycles. The summed E-state index contributed by atoms with van der Waals surface area (Å²) in [5.41, 5.74) is 4.07. The third-order valence-corrected chi connectivity index (χ3v) is 14.5. The van der Waals surface area contributed by atoms with E-state index in [1.165, 1.54) is 39.2 Å². The van der Waals surface area contributed by atoms with Gasteiger partial charge in [-0.15, -0.1) is 0 Å². The number of aliphatic hydroxyl groups excluding tert-OH is 3. The van der Waals surface area contributed by atoms with Gasteiger partial charge >= 0.3 is 0 Å². The number of phosphoric ester groups is 3. The largest absolute Gasteiger partial charge is 0.790 e. The molecule has 0 aromatic carbocycles. The molecule has 2 aromatic heterocycles. The number of allylic oxidation sites excluding steroid dienone is 2. The fourth-order valence-electron chi connectivity index (χ4n) is 6.84. The number of carbonyl (C=O) groups excluding carboxylic acids is 3. The van der Waals surface area contributed by atoms with Gasteiger partial charge in [0.1, 0.15) is 36.3 Å². The van der Waals surface area contributed by atoms with E-state index in [1.54, 1.807) is 0 Å². The van der Waals surface area contributed by atoms with E-state index >= 15 is 0 Å². The molecule has 0 aliphatic carbocycles. The molecule has 1 aliphatic rings. The number of amides is 2. The van der Waals surface area contributed by atoms with E-state index in [1.807, 2.05) is 6.08 Å². The minimum atomic E-state index is -5.93. The summed E-state index contributed by atoms with van der Waals surface area (Å²) >= 11 is 1.04. The minimum Gasteiger partial charge on any atom is -0.790 e. The number of ether oxygens (including phenoxy) is 1. The van der Waals surface area contributed by atoms with Crippen LogP contribution >= 0.6 is 35.2 Å². The highest BCUT2D eigenvalue weighted by molar-refractivity contribution is 8.14. The Morgan fingerprint density at radius 3 is 2.30 bits per heavy atom. The molecule has 3 rings (SSSR count). The second kappa shape index (κ2) is 30.3. The first-order valence-electron chi connectivity index (χ1n) is 22.9. The number of thioether (sulfide) groups is 1. The average Bonchev–Trinajstić information content (AvgIpc) is 3.85. The van der Waals surface area contributed by atoms with Gasteiger partial charge in [-0.1, -0.05) is 95.7 Å². The maximum atomic E-state index is 12.6. The van der Waals surface area contributed by atoms with Crippen LogP contribution in [0.3, 0.4) is 0 Å². The number of phosphoric acid groups is 3. The lowest BCUT2D eigenvalue weighted by atomic mass is 9.87. The number of nitrogens with two attached hydrogens (primary N) is 1. The smallest absolute Gasteiger partial charge is 0.274 e. The van der Waals surface area contributed by atoms with E-state index in [9.17, 15) is 63.0 Å². The van der Waals surface area contributed by atoms with Crippen LogP contribution in [0.15, 0.2) is 37.0 Å². The zero-order valence-electron chi connectivity index (χ0n) is 39.4. The Hall–Kier alpha value is -3.00. The summed E-state index contributed by atoms with van der Waals surface area (Å²) in [7, 11) is -17.6. The molecule has 3 heterocycles. The van der Waals surface area contributed by atoms with Gasteiger partial charge in [0.2, 0.25) is 16.9 Å². The third-order valence-electron chi connectivity index (χ3n) is 10.7. The average molecular weight is 1070 g/mol. The number of hydrogen-bond acceptors (Lipinski definition) is 23. The molecule has 0 spiro atoms. The summed E-state index contributed by atoms with van der Waals surface area (Å²) in [5, 5.41) is 36.3. The van der Waals surface area contributed by atoms with Gasteiger partial charge in [0, 0.05) is 30.7 Å². The van der Waals surface area contributed by atoms with Gasteiger partial charge in [-0.3, -0.25) is 28.1 Å². The number of hydrogen-bond donors (Lipinski definition) is 6. The van der Waals surface area contributed by atoms with Crippen LogP contribution in [0.1, 0.15) is 117 Å². The number of anilines is 1. The van der Waals surface area contributed by atoms with Crippen LogP contribution in [-0.2, 0) is 50.7 Å². The SMILES string of the molecule is CCCCCC[C@@H](O)C/C=C\CCCCCCC/C=C/C(=O)SCCNC(=O)CCNC(=O)[C@H](O)C(C)(C)COP(=O)([O-])OP(=O)([O-])OC[C@H]1O[C@@H](n2cnc3c(N)ncnc32)[C@H](O)[C@@H]1OP(=O)([O-])[O-]. The lowest BCUT2D eigenvalue weighted by Crippen LogP contribution is -2.46. The standard InChI is InChI=1S/C41H70N7O18P3S/c1-4-5-6-15-18-29(49)19-16-13-11-9-7-8-10-12-14-17-20-32(51)70-24-23-43-31(50)21-22-44-39(54)36(53)41(2,3)26-63-69(60,61)66-68(58,59)62-25-30-35(65-67(55,56)57)34(52)40(64-30)48-28-47-33-37(42)45-27-46-38(33)48/h13,16-17,20,27-30,34-36,40,49,52-53H,4-12,14-15,18-19,21-26H2,1-3H3,(H,43,50)(H,44,54)(H,58,59)(H,60,61)(H2,42,45,46)(H2,55,56,57)/p-4/b16-13-,20-17+/t29-,30-,34-,35-,36+,40-/m1/s1. The van der Waals surface area contributed by atoms with Crippen LogP contribution < -0.4 is 35.9 Å². The fourth-order valence-corrected chi connectivity index (χ4v) is 10.2. The molecule has 29 heteroatoms. The molecule has 2 unspecified atom stereocenters. The van der Waals surface area contributed by atoms with Gasteiger partial charge < -0.3 is 74.1 Å². The molecule has 2 amide bonds. The van der Waals surface area contributed by atoms with Gasteiger partial charge in [-0.05, 0) is 44.6 Å². The van der Waals surface area contributed by atoms with E-state index in [4.69, 9.17) is 10.5 Å². The number of unbranched alkanes of at least 4 members (excludes halogenated alkanes) is 9. The number of aromatic nitrogens is 4. The van der Waals surface area contributed by atoms with Crippen LogP contribution in [0.4, 0.5) is 5.82 Å². The van der Waals surface area contributed by atoms with Crippen molar-refractivity contribution in [3.8, 4) is 0 Å². The van der Waals surface area contributed by atoms with Gasteiger partial charge in [-0.2, -0.15) is 0 Å². The molecule has 1 saturated heterocycles. The summed E-state index contributed by atoms with van der Waals surface area (Å²) < 4.78 is 60.8. The minimum absolute atomic E-state index is 0.0229. The number of nitrogen functional groups attached to an aromatic ring is 1. The molecular weight excluding hydrogens is 1000 g/mol. The zero-order chi connectivity index (χ0) is 52.0. The zero-order valence-corrected chi connectivity index (χ0v) is 42.9. The van der Waals surface area contributed by atoms with E-state index in [-0.39, 0.29) is 47.7 Å². The lowest BCUT2D eigenvalue weighted by molar-refractivity contribution is -0.347. The molecule has 7 N–H and O–H groups in total. The van der Waals surface area contributed by atoms with Crippen molar-refractivity contribution in [2.75, 3.05) is 37.8 Å². The van der Waals surface area contributed by atoms with Gasteiger partial charge in [0.15, 0.2) is 17.7 Å². The molecule has 0 radical (unpaired) electrons. The number of nitrogens with one attached hydrogen (secondary N) is 2. The Kier molecular flexibility index (Phi) is 26.5. The van der Waals surface area contributed by atoms with Crippen molar-refractivity contribution in [1.82, 2.24) is 30.2 Å². The van der Waals surface area contributed by atoms with Crippen LogP contribution in [0.5, 0.6) is 0 Å². The Balaban J connectivity index is 1.29. The third kappa shape index (κ3) is 22.8. The number of rotatable bonds is 35. The first-order chi connectivity index (χ1) is 32.9. The number of imidazole rings is 1. The van der Waals surface area contributed by atoms with Crippen LogP contribution in [0.2, 0.25) is 0 Å². The summed E-state index contributed by atoms with van der Waals surface area (Å²) in [4.78, 5) is 96.8. The molecule has 2 aromatic rings. The van der Waals surface area contributed by atoms with Crippen molar-refractivity contribution in [2.45, 2.75) is 147 Å². The Morgan fingerprint density at radius 2 is 1.60 bits per heavy atom. The predicted octanol–water partition coefficient (Wildman–Crippen LogP) is 1.70. The number of carbonyl (C=O) groups is 3. The van der Waals surface area contributed by atoms with Crippen molar-refractivity contribution < 1.29 is 85.6 Å². The van der Waals surface area contributed by atoms with Gasteiger partial charge in [0.05, 0.1) is 33.5 Å². The Morgan fingerprint density at radius 1 is 0.929 bits per heavy atom. The Labute approximate surface area is 411 Å². The highest BCUT2D eigenvalue weighted by Crippen LogP contribution is 2.56. The van der Waals surface area contributed by atoms with E-state index in [0.717, 1.165) is 86.8 Å². The van der Waals surface area contributed by atoms with Crippen LogP contribution in [0.25, 0.3) is 11.2 Å². The summed E-state index contributed by atoms with van der Waals surface area (Å²) in [6, 6.07) is 0. The van der Waals surface area contributed by atoms with Crippen LogP contribution in [-0.4, -0.2) is 114 Å². The molecule has 398 valence electrons. The summed E-state index contributed by atoms with van der Waals surface area (Å²) in [6.45, 7) is 2.24.